The van der Waals surface area contributed by atoms with Crippen LogP contribution in [0.1, 0.15) is 26.1 Å². The van der Waals surface area contributed by atoms with Gasteiger partial charge in [0.1, 0.15) is 0 Å². The summed E-state index contributed by atoms with van der Waals surface area (Å²) in [5.41, 5.74) is 6.28. The average molecular weight is 218 g/mol. The number of aromatic nitrogens is 3. The van der Waals surface area contributed by atoms with Gasteiger partial charge in [0.15, 0.2) is 5.82 Å². The molecule has 2 aromatic rings. The Morgan fingerprint density at radius 1 is 1.50 bits per heavy atom. The van der Waals surface area contributed by atoms with Crippen LogP contribution in [0.2, 0.25) is 0 Å². The summed E-state index contributed by atoms with van der Waals surface area (Å²) in [6.45, 7) is 3.87. The molecule has 0 aliphatic carbocycles. The highest BCUT2D eigenvalue weighted by molar-refractivity contribution is 5.50. The monoisotopic (exact) mass is 218 g/mol. The molecule has 1 atom stereocenters. The van der Waals surface area contributed by atoms with Gasteiger partial charge in [-0.2, -0.15) is 4.98 Å². The maximum absolute atomic E-state index is 6.03. The molecule has 2 heterocycles. The lowest BCUT2D eigenvalue weighted by atomic mass is 10.0. The minimum atomic E-state index is -0.552. The smallest absolute Gasteiger partial charge is 0.259 e. The number of nitrogens with two attached hydrogens (primary N) is 1. The molecule has 0 aliphatic rings. The van der Waals surface area contributed by atoms with Crippen LogP contribution < -0.4 is 5.73 Å². The van der Waals surface area contributed by atoms with Gasteiger partial charge in [-0.05, 0) is 25.5 Å². The molecule has 0 saturated carbocycles. The van der Waals surface area contributed by atoms with Crippen molar-refractivity contribution in [1.29, 1.82) is 0 Å². The first-order chi connectivity index (χ1) is 7.63. The molecule has 0 bridgehead atoms. The van der Waals surface area contributed by atoms with E-state index in [1.54, 1.807) is 12.4 Å². The Hall–Kier alpha value is -1.75. The minimum Gasteiger partial charge on any atom is -0.334 e. The summed E-state index contributed by atoms with van der Waals surface area (Å²) >= 11 is 0. The number of rotatable bonds is 3. The Labute approximate surface area is 93.7 Å². The fourth-order valence-electron chi connectivity index (χ4n) is 1.22. The van der Waals surface area contributed by atoms with Crippen LogP contribution in [-0.4, -0.2) is 15.1 Å². The highest BCUT2D eigenvalue weighted by Gasteiger charge is 2.25. The molecular weight excluding hydrogens is 204 g/mol. The summed E-state index contributed by atoms with van der Waals surface area (Å²) in [6.07, 6.45) is 4.12. The van der Waals surface area contributed by atoms with Crippen molar-refractivity contribution >= 4 is 0 Å². The van der Waals surface area contributed by atoms with Gasteiger partial charge in [0.25, 0.3) is 5.89 Å². The second-order valence-electron chi connectivity index (χ2n) is 3.94. The van der Waals surface area contributed by atoms with Gasteiger partial charge in [-0.15, -0.1) is 0 Å². The highest BCUT2D eigenvalue weighted by atomic mass is 16.5. The fourth-order valence-corrected chi connectivity index (χ4v) is 1.22. The zero-order chi connectivity index (χ0) is 11.6. The van der Waals surface area contributed by atoms with Gasteiger partial charge in [0, 0.05) is 12.4 Å². The van der Waals surface area contributed by atoms with Crippen molar-refractivity contribution in [2.75, 3.05) is 0 Å². The molecule has 5 heteroatoms. The summed E-state index contributed by atoms with van der Waals surface area (Å²) in [5.74, 6) is 0.974. The number of hydrogen-bond donors (Lipinski definition) is 1. The van der Waals surface area contributed by atoms with Crippen LogP contribution in [0.4, 0.5) is 0 Å². The number of pyridine rings is 1. The second-order valence-corrected chi connectivity index (χ2v) is 3.94. The summed E-state index contributed by atoms with van der Waals surface area (Å²) in [5, 5.41) is 3.90. The van der Waals surface area contributed by atoms with Gasteiger partial charge in [0.2, 0.25) is 0 Å². The van der Waals surface area contributed by atoms with E-state index in [1.807, 2.05) is 26.0 Å². The predicted molar refractivity (Wildman–Crippen MR) is 59.4 cm³/mol. The quantitative estimate of drug-likeness (QED) is 0.848. The highest BCUT2D eigenvalue weighted by Crippen LogP contribution is 2.22. The lowest BCUT2D eigenvalue weighted by Crippen LogP contribution is -2.33. The molecule has 2 aromatic heterocycles. The molecule has 2 rings (SSSR count). The van der Waals surface area contributed by atoms with Crippen LogP contribution in [0.15, 0.2) is 29.0 Å². The Morgan fingerprint density at radius 3 is 2.94 bits per heavy atom. The molecule has 0 radical (unpaired) electrons. The van der Waals surface area contributed by atoms with Crippen molar-refractivity contribution in [1.82, 2.24) is 15.1 Å². The van der Waals surface area contributed by atoms with Crippen LogP contribution in [-0.2, 0) is 5.54 Å². The van der Waals surface area contributed by atoms with E-state index < -0.39 is 5.54 Å². The van der Waals surface area contributed by atoms with Gasteiger partial charge in [0.05, 0.1) is 11.1 Å². The third-order valence-corrected chi connectivity index (χ3v) is 2.58. The Bertz CT molecular complexity index is 464. The van der Waals surface area contributed by atoms with E-state index in [9.17, 15) is 0 Å². The summed E-state index contributed by atoms with van der Waals surface area (Å²) < 4.78 is 5.16. The van der Waals surface area contributed by atoms with Gasteiger partial charge in [-0.25, -0.2) is 0 Å². The minimum absolute atomic E-state index is 0.452. The van der Waals surface area contributed by atoms with Crippen LogP contribution in [0.3, 0.4) is 0 Å². The van der Waals surface area contributed by atoms with Crippen molar-refractivity contribution < 1.29 is 4.52 Å². The Kier molecular flexibility index (Phi) is 2.70. The molecule has 84 valence electrons. The van der Waals surface area contributed by atoms with E-state index in [1.165, 1.54) is 0 Å². The van der Waals surface area contributed by atoms with Crippen LogP contribution in [0.25, 0.3) is 11.5 Å². The fraction of sp³-hybridized carbons (Fsp3) is 0.364. The third-order valence-electron chi connectivity index (χ3n) is 2.58. The van der Waals surface area contributed by atoms with E-state index >= 15 is 0 Å². The molecule has 0 spiro atoms. The maximum Gasteiger partial charge on any atom is 0.259 e. The molecule has 0 saturated heterocycles. The van der Waals surface area contributed by atoms with E-state index in [4.69, 9.17) is 10.3 Å². The van der Waals surface area contributed by atoms with Crippen molar-refractivity contribution in [2.24, 2.45) is 5.73 Å². The normalized spacial score (nSPS) is 14.7. The Balaban J connectivity index is 2.34. The SMILES string of the molecule is CCC(C)(N)c1noc(-c2cccnc2)n1. The largest absolute Gasteiger partial charge is 0.334 e. The van der Waals surface area contributed by atoms with Crippen LogP contribution in [0, 0.1) is 0 Å². The topological polar surface area (TPSA) is 77.8 Å². The molecule has 5 nitrogen and oxygen atoms in total. The zero-order valence-electron chi connectivity index (χ0n) is 9.34. The maximum atomic E-state index is 6.03. The van der Waals surface area contributed by atoms with Gasteiger partial charge in [-0.1, -0.05) is 12.1 Å². The van der Waals surface area contributed by atoms with Crippen molar-refractivity contribution in [2.45, 2.75) is 25.8 Å². The van der Waals surface area contributed by atoms with E-state index in [-0.39, 0.29) is 0 Å². The summed E-state index contributed by atoms with van der Waals surface area (Å²) in [6, 6.07) is 3.69. The van der Waals surface area contributed by atoms with Gasteiger partial charge < -0.3 is 10.3 Å². The van der Waals surface area contributed by atoms with E-state index in [0.717, 1.165) is 12.0 Å². The molecule has 0 aromatic carbocycles. The van der Waals surface area contributed by atoms with Crippen LogP contribution in [0.5, 0.6) is 0 Å². The Morgan fingerprint density at radius 2 is 2.31 bits per heavy atom. The summed E-state index contributed by atoms with van der Waals surface area (Å²) in [4.78, 5) is 8.27. The lowest BCUT2D eigenvalue weighted by molar-refractivity contribution is 0.379. The molecule has 16 heavy (non-hydrogen) atoms. The second kappa shape index (κ2) is 4.02. The van der Waals surface area contributed by atoms with E-state index in [2.05, 4.69) is 15.1 Å². The average Bonchev–Trinajstić information content (AvgIpc) is 2.80. The van der Waals surface area contributed by atoms with Crippen LogP contribution >= 0.6 is 0 Å². The van der Waals surface area contributed by atoms with Crippen molar-refractivity contribution in [3.63, 3.8) is 0 Å². The first kappa shape index (κ1) is 10.8. The van der Waals surface area contributed by atoms with Crippen molar-refractivity contribution in [3.8, 4) is 11.5 Å². The van der Waals surface area contributed by atoms with Gasteiger partial charge >= 0.3 is 0 Å². The third kappa shape index (κ3) is 1.94. The molecular formula is C11H14N4O. The standard InChI is InChI=1S/C11H14N4O/c1-3-11(2,12)10-14-9(16-15-10)8-5-4-6-13-7-8/h4-7H,3,12H2,1-2H3. The molecule has 1 unspecified atom stereocenters. The van der Waals surface area contributed by atoms with Crippen molar-refractivity contribution in [3.05, 3.63) is 30.4 Å². The molecule has 0 amide bonds. The number of nitrogens with zero attached hydrogens (tertiary/aromatic N) is 3. The first-order valence-corrected chi connectivity index (χ1v) is 5.17. The predicted octanol–water partition coefficient (Wildman–Crippen LogP) is 1.72. The first-order valence-electron chi connectivity index (χ1n) is 5.17. The van der Waals surface area contributed by atoms with E-state index in [0.29, 0.717) is 11.7 Å². The zero-order valence-corrected chi connectivity index (χ0v) is 9.34. The number of hydrogen-bond acceptors (Lipinski definition) is 5. The van der Waals surface area contributed by atoms with Gasteiger partial charge in [-0.3, -0.25) is 4.98 Å². The summed E-state index contributed by atoms with van der Waals surface area (Å²) in [7, 11) is 0. The molecule has 0 fully saturated rings. The lowest BCUT2D eigenvalue weighted by Gasteiger charge is -2.16. The molecule has 0 aliphatic heterocycles. The molecule has 2 N–H and O–H groups in total.